The lowest BCUT2D eigenvalue weighted by atomic mass is 10.1. The molecule has 82 valence electrons. The van der Waals surface area contributed by atoms with Gasteiger partial charge in [0.1, 0.15) is 11.6 Å². The first-order valence-corrected chi connectivity index (χ1v) is 5.27. The molecule has 0 aromatic heterocycles. The maximum Gasteiger partial charge on any atom is 0.128 e. The molecule has 0 spiro atoms. The molecule has 2 rings (SSSR count). The van der Waals surface area contributed by atoms with E-state index < -0.39 is 6.10 Å². The summed E-state index contributed by atoms with van der Waals surface area (Å²) < 4.78 is 18.5. The Balaban J connectivity index is 2.13. The van der Waals surface area contributed by atoms with E-state index in [4.69, 9.17) is 4.74 Å². The maximum absolute atomic E-state index is 13.0. The normalized spacial score (nSPS) is 17.5. The van der Waals surface area contributed by atoms with Crippen LogP contribution in [-0.4, -0.2) is 11.7 Å². The molecule has 3 heteroatoms. The number of hydrogen-bond acceptors (Lipinski definition) is 2. The maximum atomic E-state index is 13.0. The smallest absolute Gasteiger partial charge is 0.128 e. The topological polar surface area (TPSA) is 29.5 Å². The Hall–Kier alpha value is -1.09. The number of halogens is 1. The van der Waals surface area contributed by atoms with E-state index in [1.54, 1.807) is 13.0 Å². The molecular formula is C12H15FO2. The summed E-state index contributed by atoms with van der Waals surface area (Å²) in [5, 5.41) is 9.47. The van der Waals surface area contributed by atoms with E-state index in [-0.39, 0.29) is 5.82 Å². The van der Waals surface area contributed by atoms with Crippen molar-refractivity contribution in [2.24, 2.45) is 5.92 Å². The van der Waals surface area contributed by atoms with Gasteiger partial charge in [-0.15, -0.1) is 0 Å². The minimum Gasteiger partial charge on any atom is -0.493 e. The van der Waals surface area contributed by atoms with Crippen LogP contribution in [0.4, 0.5) is 4.39 Å². The van der Waals surface area contributed by atoms with Gasteiger partial charge in [-0.3, -0.25) is 0 Å². The van der Waals surface area contributed by atoms with Crippen LogP contribution in [0.15, 0.2) is 18.2 Å². The van der Waals surface area contributed by atoms with E-state index in [0.29, 0.717) is 23.8 Å². The van der Waals surface area contributed by atoms with Crippen molar-refractivity contribution in [3.8, 4) is 5.75 Å². The first kappa shape index (κ1) is 10.4. The van der Waals surface area contributed by atoms with Crippen molar-refractivity contribution >= 4 is 0 Å². The quantitative estimate of drug-likeness (QED) is 0.827. The number of ether oxygens (including phenoxy) is 1. The highest BCUT2D eigenvalue weighted by Crippen LogP contribution is 2.32. The third-order valence-electron chi connectivity index (χ3n) is 2.60. The summed E-state index contributed by atoms with van der Waals surface area (Å²) in [5.74, 6) is 0.761. The van der Waals surface area contributed by atoms with Crippen LogP contribution in [-0.2, 0) is 0 Å². The lowest BCUT2D eigenvalue weighted by Crippen LogP contribution is -2.04. The molecule has 0 heterocycles. The van der Waals surface area contributed by atoms with Crippen molar-refractivity contribution in [3.63, 3.8) is 0 Å². The van der Waals surface area contributed by atoms with Crippen LogP contribution in [0, 0.1) is 11.7 Å². The van der Waals surface area contributed by atoms with Crippen LogP contribution in [0.1, 0.15) is 31.4 Å². The van der Waals surface area contributed by atoms with Crippen molar-refractivity contribution < 1.29 is 14.2 Å². The van der Waals surface area contributed by atoms with E-state index >= 15 is 0 Å². The van der Waals surface area contributed by atoms with Crippen molar-refractivity contribution in [1.82, 2.24) is 0 Å². The monoisotopic (exact) mass is 210 g/mol. The Morgan fingerprint density at radius 2 is 2.27 bits per heavy atom. The molecule has 1 aliphatic carbocycles. The van der Waals surface area contributed by atoms with Crippen molar-refractivity contribution in [3.05, 3.63) is 29.6 Å². The molecule has 1 N–H and O–H groups in total. The van der Waals surface area contributed by atoms with Gasteiger partial charge in [-0.1, -0.05) is 0 Å². The molecule has 0 amide bonds. The lowest BCUT2D eigenvalue weighted by Gasteiger charge is -2.13. The number of rotatable bonds is 4. The summed E-state index contributed by atoms with van der Waals surface area (Å²) in [6.45, 7) is 2.28. The highest BCUT2D eigenvalue weighted by atomic mass is 19.1. The molecule has 2 nitrogen and oxygen atoms in total. The van der Waals surface area contributed by atoms with E-state index in [1.807, 2.05) is 0 Å². The molecule has 0 radical (unpaired) electrons. The second-order valence-corrected chi connectivity index (χ2v) is 4.11. The molecule has 1 atom stereocenters. The van der Waals surface area contributed by atoms with Gasteiger partial charge in [0.2, 0.25) is 0 Å². The van der Waals surface area contributed by atoms with E-state index in [1.165, 1.54) is 25.0 Å². The van der Waals surface area contributed by atoms with Gasteiger partial charge in [0.05, 0.1) is 12.7 Å². The Bertz CT molecular complexity index is 345. The van der Waals surface area contributed by atoms with Gasteiger partial charge in [0.25, 0.3) is 0 Å². The van der Waals surface area contributed by atoms with Gasteiger partial charge < -0.3 is 9.84 Å². The largest absolute Gasteiger partial charge is 0.493 e. The fourth-order valence-electron chi connectivity index (χ4n) is 1.47. The molecule has 1 saturated carbocycles. The van der Waals surface area contributed by atoms with Gasteiger partial charge in [-0.2, -0.15) is 0 Å². The van der Waals surface area contributed by atoms with Crippen LogP contribution in [0.25, 0.3) is 0 Å². The zero-order valence-corrected chi connectivity index (χ0v) is 8.74. The van der Waals surface area contributed by atoms with E-state index in [2.05, 4.69) is 0 Å². The average molecular weight is 210 g/mol. The molecule has 1 aromatic carbocycles. The second kappa shape index (κ2) is 4.19. The SMILES string of the molecule is CC(O)c1ccc(F)cc1OCC1CC1. The van der Waals surface area contributed by atoms with Gasteiger partial charge >= 0.3 is 0 Å². The molecule has 1 aromatic rings. The van der Waals surface area contributed by atoms with Gasteiger partial charge in [0, 0.05) is 11.6 Å². The number of hydrogen-bond donors (Lipinski definition) is 1. The van der Waals surface area contributed by atoms with Crippen LogP contribution in [0.2, 0.25) is 0 Å². The van der Waals surface area contributed by atoms with Gasteiger partial charge in [-0.05, 0) is 37.8 Å². The van der Waals surface area contributed by atoms with Crippen molar-refractivity contribution in [2.45, 2.75) is 25.9 Å². The molecular weight excluding hydrogens is 195 g/mol. The van der Waals surface area contributed by atoms with E-state index in [9.17, 15) is 9.50 Å². The first-order chi connectivity index (χ1) is 7.16. The Morgan fingerprint density at radius 1 is 1.53 bits per heavy atom. The predicted molar refractivity (Wildman–Crippen MR) is 55.3 cm³/mol. The Labute approximate surface area is 88.7 Å². The summed E-state index contributed by atoms with van der Waals surface area (Å²) >= 11 is 0. The molecule has 1 unspecified atom stereocenters. The Morgan fingerprint density at radius 3 is 2.87 bits per heavy atom. The summed E-state index contributed by atoms with van der Waals surface area (Å²) in [7, 11) is 0. The predicted octanol–water partition coefficient (Wildman–Crippen LogP) is 2.67. The van der Waals surface area contributed by atoms with Crippen molar-refractivity contribution in [1.29, 1.82) is 0 Å². The van der Waals surface area contributed by atoms with Crippen molar-refractivity contribution in [2.75, 3.05) is 6.61 Å². The molecule has 0 aliphatic heterocycles. The number of aliphatic hydroxyl groups is 1. The number of benzene rings is 1. The van der Waals surface area contributed by atoms with Crippen LogP contribution in [0.5, 0.6) is 5.75 Å². The molecule has 0 bridgehead atoms. The minimum absolute atomic E-state index is 0.329. The molecule has 1 aliphatic rings. The van der Waals surface area contributed by atoms with Gasteiger partial charge in [-0.25, -0.2) is 4.39 Å². The van der Waals surface area contributed by atoms with Crippen LogP contribution < -0.4 is 4.74 Å². The molecule has 1 fully saturated rings. The highest BCUT2D eigenvalue weighted by Gasteiger charge is 2.22. The fourth-order valence-corrected chi connectivity index (χ4v) is 1.47. The summed E-state index contributed by atoms with van der Waals surface area (Å²) in [6, 6.07) is 4.25. The summed E-state index contributed by atoms with van der Waals surface area (Å²) in [5.41, 5.74) is 0.650. The minimum atomic E-state index is -0.625. The first-order valence-electron chi connectivity index (χ1n) is 5.27. The zero-order chi connectivity index (χ0) is 10.8. The van der Waals surface area contributed by atoms with Gasteiger partial charge in [0.15, 0.2) is 0 Å². The summed E-state index contributed by atoms with van der Waals surface area (Å²) in [4.78, 5) is 0. The van der Waals surface area contributed by atoms with Crippen LogP contribution >= 0.6 is 0 Å². The number of aliphatic hydroxyl groups excluding tert-OH is 1. The zero-order valence-electron chi connectivity index (χ0n) is 8.74. The highest BCUT2D eigenvalue weighted by molar-refractivity contribution is 5.35. The summed E-state index contributed by atoms with van der Waals surface area (Å²) in [6.07, 6.45) is 1.76. The van der Waals surface area contributed by atoms with Crippen LogP contribution in [0.3, 0.4) is 0 Å². The standard InChI is InChI=1S/C12H15FO2/c1-8(14)11-5-4-10(13)6-12(11)15-7-9-2-3-9/h4-6,8-9,14H,2-3,7H2,1H3. The van der Waals surface area contributed by atoms with E-state index in [0.717, 1.165) is 0 Å². The third-order valence-corrected chi connectivity index (χ3v) is 2.60. The molecule has 15 heavy (non-hydrogen) atoms. The average Bonchev–Trinajstić information content (AvgIpc) is 2.97. The fraction of sp³-hybridized carbons (Fsp3) is 0.500. The Kier molecular flexibility index (Phi) is 2.91. The molecule has 0 saturated heterocycles. The third kappa shape index (κ3) is 2.69. The lowest BCUT2D eigenvalue weighted by molar-refractivity contribution is 0.190. The second-order valence-electron chi connectivity index (χ2n) is 4.11.